The lowest BCUT2D eigenvalue weighted by Gasteiger charge is -2.37. The lowest BCUT2D eigenvalue weighted by atomic mass is 10.0. The summed E-state index contributed by atoms with van der Waals surface area (Å²) in [4.78, 5) is 14.9. The molecule has 2 aromatic rings. The molecule has 0 aliphatic carbocycles. The van der Waals surface area contributed by atoms with E-state index in [1.54, 1.807) is 6.07 Å². The highest BCUT2D eigenvalue weighted by atomic mass is 35.5. The van der Waals surface area contributed by atoms with E-state index in [4.69, 9.17) is 25.8 Å². The number of ether oxygens (including phenoxy) is 3. The molecule has 5 nitrogen and oxygen atoms in total. The van der Waals surface area contributed by atoms with E-state index in [0.717, 1.165) is 5.56 Å². The van der Waals surface area contributed by atoms with Crippen molar-refractivity contribution in [1.29, 1.82) is 0 Å². The first-order valence-electron chi connectivity index (χ1n) is 9.19. The van der Waals surface area contributed by atoms with Crippen LogP contribution < -0.4 is 4.74 Å². The van der Waals surface area contributed by atoms with Crippen LogP contribution in [0.25, 0.3) is 0 Å². The van der Waals surface area contributed by atoms with Gasteiger partial charge in [-0.2, -0.15) is 0 Å². The summed E-state index contributed by atoms with van der Waals surface area (Å²) in [5.41, 5.74) is 1.45. The van der Waals surface area contributed by atoms with Gasteiger partial charge in [0.25, 0.3) is 5.91 Å². The summed E-state index contributed by atoms with van der Waals surface area (Å²) in [5.74, 6) is 0.0466. The van der Waals surface area contributed by atoms with E-state index in [-0.39, 0.29) is 5.91 Å². The fourth-order valence-electron chi connectivity index (χ4n) is 3.55. The molecule has 0 atom stereocenters. The van der Waals surface area contributed by atoms with Crippen LogP contribution in [-0.2, 0) is 16.1 Å². The van der Waals surface area contributed by atoms with Crippen LogP contribution >= 0.6 is 11.6 Å². The molecule has 0 saturated carbocycles. The highest BCUT2D eigenvalue weighted by molar-refractivity contribution is 6.31. The van der Waals surface area contributed by atoms with Gasteiger partial charge < -0.3 is 19.1 Å². The Balaban J connectivity index is 1.44. The maximum absolute atomic E-state index is 13.0. The van der Waals surface area contributed by atoms with E-state index in [0.29, 0.717) is 62.1 Å². The number of para-hydroxylation sites is 1. The number of amides is 1. The minimum Gasteiger partial charge on any atom is -0.488 e. The molecule has 2 fully saturated rings. The Morgan fingerprint density at radius 2 is 1.70 bits per heavy atom. The first-order chi connectivity index (χ1) is 13.2. The van der Waals surface area contributed by atoms with E-state index >= 15 is 0 Å². The van der Waals surface area contributed by atoms with Crippen LogP contribution in [0.2, 0.25) is 5.02 Å². The van der Waals surface area contributed by atoms with Crippen molar-refractivity contribution in [2.75, 3.05) is 26.3 Å². The second-order valence-electron chi connectivity index (χ2n) is 6.78. The normalized spacial score (nSPS) is 18.6. The summed E-state index contributed by atoms with van der Waals surface area (Å²) in [6.45, 7) is 2.80. The molecule has 2 aromatic carbocycles. The van der Waals surface area contributed by atoms with Crippen LogP contribution in [0.3, 0.4) is 0 Å². The molecule has 2 heterocycles. The van der Waals surface area contributed by atoms with Crippen LogP contribution in [0, 0.1) is 0 Å². The smallest absolute Gasteiger partial charge is 0.257 e. The highest BCUT2D eigenvalue weighted by Gasteiger charge is 2.41. The van der Waals surface area contributed by atoms with Crippen molar-refractivity contribution in [2.24, 2.45) is 0 Å². The molecule has 2 aliphatic heterocycles. The summed E-state index contributed by atoms with van der Waals surface area (Å²) in [5, 5.41) is 0.652. The first kappa shape index (κ1) is 18.3. The maximum Gasteiger partial charge on any atom is 0.257 e. The average Bonchev–Trinajstić information content (AvgIpc) is 3.16. The fraction of sp³-hybridized carbons (Fsp3) is 0.381. The predicted octanol–water partition coefficient (Wildman–Crippen LogP) is 3.90. The van der Waals surface area contributed by atoms with Crippen molar-refractivity contribution in [2.45, 2.75) is 25.2 Å². The largest absolute Gasteiger partial charge is 0.488 e. The minimum absolute atomic E-state index is 0.0300. The molecule has 1 spiro atoms. The molecule has 1 amide bonds. The predicted molar refractivity (Wildman–Crippen MR) is 102 cm³/mol. The maximum atomic E-state index is 13.0. The standard InChI is InChI=1S/C21H22ClNO4/c22-18-7-3-1-5-16(18)15-25-19-8-4-2-6-17(19)20(24)23-11-9-21(10-12-23)26-13-14-27-21/h1-8H,9-15H2. The molecule has 0 radical (unpaired) electrons. The number of carbonyl (C=O) groups excluding carboxylic acids is 1. The minimum atomic E-state index is -0.489. The third kappa shape index (κ3) is 3.95. The molecule has 6 heteroatoms. The van der Waals surface area contributed by atoms with E-state index in [9.17, 15) is 4.79 Å². The third-order valence-corrected chi connectivity index (χ3v) is 5.45. The summed E-state index contributed by atoms with van der Waals surface area (Å²) < 4.78 is 17.4. The summed E-state index contributed by atoms with van der Waals surface area (Å²) in [6, 6.07) is 14.9. The quantitative estimate of drug-likeness (QED) is 0.798. The van der Waals surface area contributed by atoms with E-state index in [1.165, 1.54) is 0 Å². The Kier molecular flexibility index (Phi) is 5.34. The molecule has 2 aliphatic rings. The molecule has 0 unspecified atom stereocenters. The Morgan fingerprint density at radius 1 is 1.04 bits per heavy atom. The number of piperidine rings is 1. The van der Waals surface area contributed by atoms with Gasteiger partial charge in [-0.15, -0.1) is 0 Å². The zero-order valence-electron chi connectivity index (χ0n) is 15.0. The van der Waals surface area contributed by atoms with Crippen LogP contribution in [0.5, 0.6) is 5.75 Å². The molecule has 2 saturated heterocycles. The van der Waals surface area contributed by atoms with Crippen molar-refractivity contribution in [3.05, 3.63) is 64.7 Å². The lowest BCUT2D eigenvalue weighted by molar-refractivity contribution is -0.181. The number of carbonyl (C=O) groups is 1. The zero-order valence-corrected chi connectivity index (χ0v) is 15.8. The average molecular weight is 388 g/mol. The molecule has 27 heavy (non-hydrogen) atoms. The topological polar surface area (TPSA) is 48.0 Å². The van der Waals surface area contributed by atoms with Gasteiger partial charge in [0.1, 0.15) is 12.4 Å². The van der Waals surface area contributed by atoms with Gasteiger partial charge in [0.2, 0.25) is 0 Å². The number of rotatable bonds is 4. The molecule has 0 aromatic heterocycles. The van der Waals surface area contributed by atoms with Crippen molar-refractivity contribution in [3.8, 4) is 5.75 Å². The Morgan fingerprint density at radius 3 is 2.44 bits per heavy atom. The number of hydrogen-bond acceptors (Lipinski definition) is 4. The van der Waals surface area contributed by atoms with Gasteiger partial charge >= 0.3 is 0 Å². The zero-order chi connectivity index (χ0) is 18.7. The number of hydrogen-bond donors (Lipinski definition) is 0. The summed E-state index contributed by atoms with van der Waals surface area (Å²) >= 11 is 6.19. The van der Waals surface area contributed by atoms with Gasteiger partial charge in [0, 0.05) is 36.5 Å². The fourth-order valence-corrected chi connectivity index (χ4v) is 3.74. The van der Waals surface area contributed by atoms with Crippen molar-refractivity contribution >= 4 is 17.5 Å². The van der Waals surface area contributed by atoms with Crippen molar-refractivity contribution in [3.63, 3.8) is 0 Å². The van der Waals surface area contributed by atoms with Crippen LogP contribution in [0.4, 0.5) is 0 Å². The van der Waals surface area contributed by atoms with Gasteiger partial charge in [-0.25, -0.2) is 0 Å². The van der Waals surface area contributed by atoms with Crippen molar-refractivity contribution < 1.29 is 19.0 Å². The van der Waals surface area contributed by atoms with E-state index in [2.05, 4.69) is 0 Å². The summed E-state index contributed by atoms with van der Waals surface area (Å²) in [6.07, 6.45) is 1.39. The number of benzene rings is 2. The molecular formula is C21H22ClNO4. The van der Waals surface area contributed by atoms with E-state index < -0.39 is 5.79 Å². The van der Waals surface area contributed by atoms with Gasteiger partial charge in [-0.1, -0.05) is 41.9 Å². The monoisotopic (exact) mass is 387 g/mol. The Hall–Kier alpha value is -2.08. The lowest BCUT2D eigenvalue weighted by Crippen LogP contribution is -2.47. The van der Waals surface area contributed by atoms with Crippen LogP contribution in [-0.4, -0.2) is 42.9 Å². The highest BCUT2D eigenvalue weighted by Crippen LogP contribution is 2.32. The second-order valence-corrected chi connectivity index (χ2v) is 7.18. The molecule has 0 N–H and O–H groups in total. The van der Waals surface area contributed by atoms with Gasteiger partial charge in [0.15, 0.2) is 5.79 Å². The Bertz CT molecular complexity index is 809. The SMILES string of the molecule is O=C(c1ccccc1OCc1ccccc1Cl)N1CCC2(CC1)OCCO2. The molecular weight excluding hydrogens is 366 g/mol. The Labute approximate surface area is 163 Å². The van der Waals surface area contributed by atoms with Crippen LogP contribution in [0.1, 0.15) is 28.8 Å². The third-order valence-electron chi connectivity index (χ3n) is 5.08. The number of nitrogens with zero attached hydrogens (tertiary/aromatic N) is 1. The summed E-state index contributed by atoms with van der Waals surface area (Å²) in [7, 11) is 0. The van der Waals surface area contributed by atoms with Gasteiger partial charge in [0.05, 0.1) is 18.8 Å². The second kappa shape index (κ2) is 7.89. The number of likely N-dealkylation sites (tertiary alicyclic amines) is 1. The van der Waals surface area contributed by atoms with E-state index in [1.807, 2.05) is 47.4 Å². The molecule has 142 valence electrons. The molecule has 4 rings (SSSR count). The van der Waals surface area contributed by atoms with Gasteiger partial charge in [-0.05, 0) is 18.2 Å². The molecule has 0 bridgehead atoms. The van der Waals surface area contributed by atoms with Crippen molar-refractivity contribution in [1.82, 2.24) is 4.90 Å². The number of halogens is 1. The van der Waals surface area contributed by atoms with Crippen LogP contribution in [0.15, 0.2) is 48.5 Å². The first-order valence-corrected chi connectivity index (χ1v) is 9.57. The van der Waals surface area contributed by atoms with Gasteiger partial charge in [-0.3, -0.25) is 4.79 Å².